The molecule has 4 nitrogen and oxygen atoms in total. The summed E-state index contributed by atoms with van der Waals surface area (Å²) in [6.45, 7) is 2.82. The van der Waals surface area contributed by atoms with Crippen molar-refractivity contribution in [3.63, 3.8) is 0 Å². The van der Waals surface area contributed by atoms with E-state index in [4.69, 9.17) is 4.74 Å². The standard InChI is InChI=1S/C14H20F3N3O/c1-21-9-7-18-10-11-4-3-8-20(11)13-6-2-5-12(19-13)14(15,16)17/h2,5-6,11,18H,3-4,7-10H2,1H3. The molecule has 0 spiro atoms. The van der Waals surface area contributed by atoms with Crippen LogP contribution in [0.2, 0.25) is 0 Å². The van der Waals surface area contributed by atoms with Gasteiger partial charge in [0, 0.05) is 32.8 Å². The first-order valence-electron chi connectivity index (χ1n) is 7.03. The second-order valence-corrected chi connectivity index (χ2v) is 5.07. The van der Waals surface area contributed by atoms with Gasteiger partial charge in [-0.25, -0.2) is 4.98 Å². The summed E-state index contributed by atoms with van der Waals surface area (Å²) in [6, 6.07) is 4.24. The van der Waals surface area contributed by atoms with Crippen LogP contribution in [-0.4, -0.2) is 44.4 Å². The maximum Gasteiger partial charge on any atom is 0.433 e. The number of hydrogen-bond acceptors (Lipinski definition) is 4. The number of alkyl halides is 3. The van der Waals surface area contributed by atoms with Gasteiger partial charge >= 0.3 is 6.18 Å². The molecule has 0 amide bonds. The van der Waals surface area contributed by atoms with E-state index in [1.165, 1.54) is 6.07 Å². The van der Waals surface area contributed by atoms with E-state index in [0.717, 1.165) is 38.5 Å². The van der Waals surface area contributed by atoms with Crippen molar-refractivity contribution in [2.24, 2.45) is 0 Å². The van der Waals surface area contributed by atoms with Gasteiger partial charge in [0.2, 0.25) is 0 Å². The van der Waals surface area contributed by atoms with Crippen LogP contribution in [0.25, 0.3) is 0 Å². The van der Waals surface area contributed by atoms with Crippen molar-refractivity contribution < 1.29 is 17.9 Å². The lowest BCUT2D eigenvalue weighted by Crippen LogP contribution is -2.39. The normalized spacial score (nSPS) is 19.2. The highest BCUT2D eigenvalue weighted by atomic mass is 19.4. The summed E-state index contributed by atoms with van der Waals surface area (Å²) >= 11 is 0. The lowest BCUT2D eigenvalue weighted by Gasteiger charge is -2.26. The summed E-state index contributed by atoms with van der Waals surface area (Å²) in [4.78, 5) is 5.72. The minimum absolute atomic E-state index is 0.179. The fourth-order valence-electron chi connectivity index (χ4n) is 2.53. The molecule has 1 aliphatic heterocycles. The highest BCUT2D eigenvalue weighted by Gasteiger charge is 2.34. The molecular weight excluding hydrogens is 283 g/mol. The second-order valence-electron chi connectivity index (χ2n) is 5.07. The zero-order chi connectivity index (χ0) is 15.3. The molecule has 1 unspecified atom stereocenters. The van der Waals surface area contributed by atoms with Gasteiger partial charge in [0.05, 0.1) is 6.61 Å². The molecule has 0 saturated carbocycles. The van der Waals surface area contributed by atoms with Gasteiger partial charge in [0.15, 0.2) is 0 Å². The maximum absolute atomic E-state index is 12.7. The summed E-state index contributed by atoms with van der Waals surface area (Å²) in [5.74, 6) is 0.404. The van der Waals surface area contributed by atoms with Gasteiger partial charge < -0.3 is 15.0 Å². The van der Waals surface area contributed by atoms with Crippen LogP contribution in [0.3, 0.4) is 0 Å². The number of anilines is 1. The van der Waals surface area contributed by atoms with Gasteiger partial charge in [-0.1, -0.05) is 6.07 Å². The van der Waals surface area contributed by atoms with E-state index in [-0.39, 0.29) is 6.04 Å². The van der Waals surface area contributed by atoms with E-state index in [1.807, 2.05) is 4.90 Å². The molecule has 118 valence electrons. The molecular formula is C14H20F3N3O. The Kier molecular flexibility index (Phi) is 5.41. The number of methoxy groups -OCH3 is 1. The fourth-order valence-corrected chi connectivity index (χ4v) is 2.53. The van der Waals surface area contributed by atoms with Crippen LogP contribution in [0.1, 0.15) is 18.5 Å². The van der Waals surface area contributed by atoms with Crippen LogP contribution in [0.5, 0.6) is 0 Å². The van der Waals surface area contributed by atoms with Gasteiger partial charge in [-0.15, -0.1) is 0 Å². The fraction of sp³-hybridized carbons (Fsp3) is 0.643. The SMILES string of the molecule is COCCNCC1CCCN1c1cccc(C(F)(F)F)n1. The van der Waals surface area contributed by atoms with Crippen LogP contribution >= 0.6 is 0 Å². The zero-order valence-electron chi connectivity index (χ0n) is 12.0. The topological polar surface area (TPSA) is 37.4 Å². The van der Waals surface area contributed by atoms with Crippen molar-refractivity contribution in [2.45, 2.75) is 25.1 Å². The third-order valence-electron chi connectivity index (χ3n) is 3.56. The first-order valence-corrected chi connectivity index (χ1v) is 7.03. The molecule has 2 heterocycles. The van der Waals surface area contributed by atoms with E-state index in [0.29, 0.717) is 12.4 Å². The summed E-state index contributed by atoms with van der Waals surface area (Å²) in [6.07, 6.45) is -2.48. The Bertz CT molecular complexity index is 453. The molecule has 0 aromatic carbocycles. The molecule has 0 aliphatic carbocycles. The highest BCUT2D eigenvalue weighted by Crippen LogP contribution is 2.30. The van der Waals surface area contributed by atoms with E-state index in [9.17, 15) is 13.2 Å². The number of nitrogens with zero attached hydrogens (tertiary/aromatic N) is 2. The van der Waals surface area contributed by atoms with Gasteiger partial charge in [0.25, 0.3) is 0 Å². The van der Waals surface area contributed by atoms with E-state index >= 15 is 0 Å². The lowest BCUT2D eigenvalue weighted by atomic mass is 10.2. The number of halogens is 3. The predicted molar refractivity (Wildman–Crippen MR) is 74.4 cm³/mol. The number of hydrogen-bond donors (Lipinski definition) is 1. The molecule has 21 heavy (non-hydrogen) atoms. The molecule has 7 heteroatoms. The van der Waals surface area contributed by atoms with E-state index in [1.54, 1.807) is 13.2 Å². The number of aromatic nitrogens is 1. The molecule has 1 saturated heterocycles. The minimum atomic E-state index is -4.40. The molecule has 2 rings (SSSR count). The molecule has 1 N–H and O–H groups in total. The van der Waals surface area contributed by atoms with Crippen molar-refractivity contribution in [3.05, 3.63) is 23.9 Å². The molecule has 1 atom stereocenters. The molecule has 1 aromatic heterocycles. The van der Waals surface area contributed by atoms with Crippen molar-refractivity contribution >= 4 is 5.82 Å². The molecule has 1 aromatic rings. The number of rotatable bonds is 6. The van der Waals surface area contributed by atoms with Crippen LogP contribution in [0.4, 0.5) is 19.0 Å². The van der Waals surface area contributed by atoms with E-state index in [2.05, 4.69) is 10.3 Å². The average Bonchev–Trinajstić information content (AvgIpc) is 2.91. The number of pyridine rings is 1. The van der Waals surface area contributed by atoms with Crippen LogP contribution in [-0.2, 0) is 10.9 Å². The number of ether oxygens (including phenoxy) is 1. The third kappa shape index (κ3) is 4.31. The van der Waals surface area contributed by atoms with Crippen LogP contribution < -0.4 is 10.2 Å². The van der Waals surface area contributed by atoms with E-state index < -0.39 is 11.9 Å². The van der Waals surface area contributed by atoms with Crippen molar-refractivity contribution in [1.82, 2.24) is 10.3 Å². The van der Waals surface area contributed by atoms with Crippen LogP contribution in [0, 0.1) is 0 Å². The van der Waals surface area contributed by atoms with Gasteiger partial charge in [-0.3, -0.25) is 0 Å². The van der Waals surface area contributed by atoms with Gasteiger partial charge in [0.1, 0.15) is 11.5 Å². The Labute approximate surface area is 122 Å². The van der Waals surface area contributed by atoms with Crippen molar-refractivity contribution in [2.75, 3.05) is 38.3 Å². The Morgan fingerprint density at radius 3 is 2.95 bits per heavy atom. The quantitative estimate of drug-likeness (QED) is 0.818. The monoisotopic (exact) mass is 303 g/mol. The number of nitrogens with one attached hydrogen (secondary N) is 1. The molecule has 1 aliphatic rings. The summed E-state index contributed by atoms with van der Waals surface area (Å²) in [7, 11) is 1.64. The smallest absolute Gasteiger partial charge is 0.383 e. The average molecular weight is 303 g/mol. The van der Waals surface area contributed by atoms with Gasteiger partial charge in [-0.05, 0) is 25.0 Å². The Balaban J connectivity index is 2.02. The second kappa shape index (κ2) is 7.09. The summed E-state index contributed by atoms with van der Waals surface area (Å²) in [5.41, 5.74) is -0.835. The molecule has 1 fully saturated rings. The Morgan fingerprint density at radius 1 is 1.43 bits per heavy atom. The molecule has 0 bridgehead atoms. The summed E-state index contributed by atoms with van der Waals surface area (Å²) < 4.78 is 43.2. The molecule has 0 radical (unpaired) electrons. The Morgan fingerprint density at radius 2 is 2.24 bits per heavy atom. The first kappa shape index (κ1) is 16.0. The zero-order valence-corrected chi connectivity index (χ0v) is 12.0. The van der Waals surface area contributed by atoms with Crippen molar-refractivity contribution in [3.8, 4) is 0 Å². The van der Waals surface area contributed by atoms with Gasteiger partial charge in [-0.2, -0.15) is 13.2 Å². The maximum atomic E-state index is 12.7. The highest BCUT2D eigenvalue weighted by molar-refractivity contribution is 5.42. The first-order chi connectivity index (χ1) is 10.0. The lowest BCUT2D eigenvalue weighted by molar-refractivity contribution is -0.141. The van der Waals surface area contributed by atoms with Crippen molar-refractivity contribution in [1.29, 1.82) is 0 Å². The largest absolute Gasteiger partial charge is 0.433 e. The minimum Gasteiger partial charge on any atom is -0.383 e. The Hall–Kier alpha value is -1.34. The van der Waals surface area contributed by atoms with Crippen LogP contribution in [0.15, 0.2) is 18.2 Å². The predicted octanol–water partition coefficient (Wildman–Crippen LogP) is 2.31. The third-order valence-corrected chi connectivity index (χ3v) is 3.56. The summed E-state index contributed by atoms with van der Waals surface area (Å²) in [5, 5.41) is 3.26.